The lowest BCUT2D eigenvalue weighted by Gasteiger charge is -2.26. The number of hydrogen-bond donors (Lipinski definition) is 0. The van der Waals surface area contributed by atoms with Crippen LogP contribution in [-0.2, 0) is 11.3 Å². The van der Waals surface area contributed by atoms with E-state index in [2.05, 4.69) is 28.6 Å². The zero-order valence-corrected chi connectivity index (χ0v) is 10.4. The second kappa shape index (κ2) is 4.53. The third kappa shape index (κ3) is 2.12. The summed E-state index contributed by atoms with van der Waals surface area (Å²) >= 11 is 0. The van der Waals surface area contributed by atoms with Crippen LogP contribution in [0, 0.1) is 5.41 Å². The summed E-state index contributed by atoms with van der Waals surface area (Å²) in [7, 11) is 1.73. The lowest BCUT2D eigenvalue weighted by atomic mass is 9.81. The average molecular weight is 223 g/mol. The van der Waals surface area contributed by atoms with E-state index in [9.17, 15) is 0 Å². The number of nitrogens with zero attached hydrogens (tertiary/aromatic N) is 3. The van der Waals surface area contributed by atoms with E-state index < -0.39 is 0 Å². The lowest BCUT2D eigenvalue weighted by molar-refractivity contribution is 0.184. The predicted octanol–water partition coefficient (Wildman–Crippen LogP) is 2.22. The van der Waals surface area contributed by atoms with E-state index >= 15 is 0 Å². The molecule has 1 unspecified atom stereocenters. The van der Waals surface area contributed by atoms with Crippen LogP contribution in [0.1, 0.15) is 44.9 Å². The summed E-state index contributed by atoms with van der Waals surface area (Å²) in [6, 6.07) is 0. The molecule has 1 aromatic rings. The smallest absolute Gasteiger partial charge is 0.136 e. The van der Waals surface area contributed by atoms with Crippen molar-refractivity contribution in [1.29, 1.82) is 0 Å². The van der Waals surface area contributed by atoms with E-state index in [-0.39, 0.29) is 0 Å². The molecule has 1 aromatic heterocycles. The number of rotatable bonds is 4. The van der Waals surface area contributed by atoms with Crippen LogP contribution in [0.3, 0.4) is 0 Å². The number of hydrogen-bond acceptors (Lipinski definition) is 3. The largest absolute Gasteiger partial charge is 0.383 e. The van der Waals surface area contributed by atoms with Gasteiger partial charge in [0.25, 0.3) is 0 Å². The van der Waals surface area contributed by atoms with Gasteiger partial charge in [-0.3, -0.25) is 0 Å². The monoisotopic (exact) mass is 223 g/mol. The van der Waals surface area contributed by atoms with Gasteiger partial charge in [-0.05, 0) is 18.3 Å². The van der Waals surface area contributed by atoms with Crippen LogP contribution in [-0.4, -0.2) is 28.5 Å². The highest BCUT2D eigenvalue weighted by atomic mass is 16.5. The van der Waals surface area contributed by atoms with Crippen molar-refractivity contribution < 1.29 is 4.74 Å². The SMILES string of the molecule is COCCn1cnnc1C1CCCC1(C)C. The molecular formula is C12H21N3O. The molecule has 1 aliphatic rings. The molecule has 16 heavy (non-hydrogen) atoms. The van der Waals surface area contributed by atoms with Crippen molar-refractivity contribution in [1.82, 2.24) is 14.8 Å². The standard InChI is InChI=1S/C12H21N3O/c1-12(2)6-4-5-10(12)11-14-13-9-15(11)7-8-16-3/h9-10H,4-8H2,1-3H3. The normalized spacial score (nSPS) is 23.8. The van der Waals surface area contributed by atoms with E-state index in [1.165, 1.54) is 19.3 Å². The summed E-state index contributed by atoms with van der Waals surface area (Å²) in [5.41, 5.74) is 0.359. The molecule has 0 saturated heterocycles. The van der Waals surface area contributed by atoms with Gasteiger partial charge < -0.3 is 9.30 Å². The van der Waals surface area contributed by atoms with Gasteiger partial charge in [-0.1, -0.05) is 20.3 Å². The molecule has 0 spiro atoms. The maximum absolute atomic E-state index is 5.11. The maximum atomic E-state index is 5.11. The van der Waals surface area contributed by atoms with Crippen molar-refractivity contribution in [2.45, 2.75) is 45.6 Å². The Labute approximate surface area is 97.0 Å². The summed E-state index contributed by atoms with van der Waals surface area (Å²) < 4.78 is 7.25. The molecule has 0 radical (unpaired) electrons. The Balaban J connectivity index is 2.17. The van der Waals surface area contributed by atoms with Crippen molar-refractivity contribution in [3.05, 3.63) is 12.2 Å². The van der Waals surface area contributed by atoms with Gasteiger partial charge in [0.15, 0.2) is 0 Å². The molecule has 1 aliphatic carbocycles. The first-order valence-corrected chi connectivity index (χ1v) is 6.02. The Kier molecular flexibility index (Phi) is 3.28. The first-order chi connectivity index (χ1) is 7.65. The molecule has 1 atom stereocenters. The quantitative estimate of drug-likeness (QED) is 0.785. The van der Waals surface area contributed by atoms with Crippen molar-refractivity contribution in [2.24, 2.45) is 5.41 Å². The molecule has 1 fully saturated rings. The molecule has 0 aliphatic heterocycles. The van der Waals surface area contributed by atoms with Crippen LogP contribution >= 0.6 is 0 Å². The van der Waals surface area contributed by atoms with Crippen LogP contribution in [0.2, 0.25) is 0 Å². The van der Waals surface area contributed by atoms with Crippen molar-refractivity contribution in [3.8, 4) is 0 Å². The summed E-state index contributed by atoms with van der Waals surface area (Å²) in [5, 5.41) is 8.35. The number of ether oxygens (including phenoxy) is 1. The molecule has 4 heteroatoms. The fourth-order valence-corrected chi connectivity index (χ4v) is 2.70. The van der Waals surface area contributed by atoms with Crippen molar-refractivity contribution in [2.75, 3.05) is 13.7 Å². The van der Waals surface area contributed by atoms with E-state index in [1.807, 2.05) is 6.33 Å². The van der Waals surface area contributed by atoms with E-state index in [0.717, 1.165) is 19.0 Å². The van der Waals surface area contributed by atoms with Crippen molar-refractivity contribution >= 4 is 0 Å². The van der Waals surface area contributed by atoms with Gasteiger partial charge in [-0.2, -0.15) is 0 Å². The fraction of sp³-hybridized carbons (Fsp3) is 0.833. The molecule has 0 amide bonds. The summed E-state index contributed by atoms with van der Waals surface area (Å²) in [6.07, 6.45) is 5.64. The van der Waals surface area contributed by atoms with Crippen molar-refractivity contribution in [3.63, 3.8) is 0 Å². The van der Waals surface area contributed by atoms with Crippen LogP contribution < -0.4 is 0 Å². The van der Waals surface area contributed by atoms with Crippen LogP contribution in [0.4, 0.5) is 0 Å². The Morgan fingerprint density at radius 3 is 3.00 bits per heavy atom. The number of aromatic nitrogens is 3. The summed E-state index contributed by atoms with van der Waals surface area (Å²) in [6.45, 7) is 6.24. The zero-order chi connectivity index (χ0) is 11.6. The third-order valence-electron chi connectivity index (χ3n) is 3.75. The molecule has 0 bridgehead atoms. The van der Waals surface area contributed by atoms with Gasteiger partial charge in [-0.25, -0.2) is 0 Å². The highest BCUT2D eigenvalue weighted by Crippen LogP contribution is 2.47. The molecule has 0 N–H and O–H groups in total. The van der Waals surface area contributed by atoms with Gasteiger partial charge in [-0.15, -0.1) is 10.2 Å². The highest BCUT2D eigenvalue weighted by Gasteiger charge is 2.38. The van der Waals surface area contributed by atoms with Gasteiger partial charge in [0.1, 0.15) is 12.2 Å². The second-order valence-electron chi connectivity index (χ2n) is 5.31. The van der Waals surface area contributed by atoms with E-state index in [0.29, 0.717) is 11.3 Å². The van der Waals surface area contributed by atoms with Gasteiger partial charge in [0, 0.05) is 19.6 Å². The van der Waals surface area contributed by atoms with Crippen LogP contribution in [0.25, 0.3) is 0 Å². The second-order valence-corrected chi connectivity index (χ2v) is 5.31. The van der Waals surface area contributed by atoms with Crippen LogP contribution in [0.5, 0.6) is 0 Å². The maximum Gasteiger partial charge on any atom is 0.136 e. The zero-order valence-electron chi connectivity index (χ0n) is 10.4. The molecule has 4 nitrogen and oxygen atoms in total. The number of methoxy groups -OCH3 is 1. The topological polar surface area (TPSA) is 39.9 Å². The predicted molar refractivity (Wildman–Crippen MR) is 62.3 cm³/mol. The molecular weight excluding hydrogens is 202 g/mol. The minimum atomic E-state index is 0.359. The highest BCUT2D eigenvalue weighted by molar-refractivity contribution is 5.06. The van der Waals surface area contributed by atoms with E-state index in [1.54, 1.807) is 7.11 Å². The Bertz CT molecular complexity index is 346. The molecule has 0 aromatic carbocycles. The summed E-state index contributed by atoms with van der Waals surface area (Å²) in [4.78, 5) is 0. The fourth-order valence-electron chi connectivity index (χ4n) is 2.70. The summed E-state index contributed by atoms with van der Waals surface area (Å²) in [5.74, 6) is 1.69. The molecule has 1 saturated carbocycles. The average Bonchev–Trinajstić information content (AvgIpc) is 2.80. The molecule has 2 rings (SSSR count). The first-order valence-electron chi connectivity index (χ1n) is 6.02. The molecule has 1 heterocycles. The minimum Gasteiger partial charge on any atom is -0.383 e. The van der Waals surface area contributed by atoms with E-state index in [4.69, 9.17) is 4.74 Å². The third-order valence-corrected chi connectivity index (χ3v) is 3.75. The van der Waals surface area contributed by atoms with Gasteiger partial charge in [0.2, 0.25) is 0 Å². The minimum absolute atomic E-state index is 0.359. The van der Waals surface area contributed by atoms with Crippen LogP contribution in [0.15, 0.2) is 6.33 Å². The lowest BCUT2D eigenvalue weighted by Crippen LogP contribution is -2.20. The Hall–Kier alpha value is -0.900. The first kappa shape index (κ1) is 11.6. The Morgan fingerprint density at radius 1 is 1.56 bits per heavy atom. The molecule has 90 valence electrons. The van der Waals surface area contributed by atoms with Gasteiger partial charge >= 0.3 is 0 Å². The van der Waals surface area contributed by atoms with Gasteiger partial charge in [0.05, 0.1) is 6.61 Å². The Morgan fingerprint density at radius 2 is 2.38 bits per heavy atom.